The maximum absolute atomic E-state index is 6.18. The van der Waals surface area contributed by atoms with Gasteiger partial charge in [-0.1, -0.05) is 12.5 Å². The summed E-state index contributed by atoms with van der Waals surface area (Å²) in [5.41, 5.74) is 4.80. The van der Waals surface area contributed by atoms with Gasteiger partial charge in [-0.2, -0.15) is 5.10 Å². The summed E-state index contributed by atoms with van der Waals surface area (Å²) in [6.07, 6.45) is 8.40. The predicted molar refractivity (Wildman–Crippen MR) is 98.4 cm³/mol. The van der Waals surface area contributed by atoms with Crippen LogP contribution in [0.2, 0.25) is 0 Å². The fourth-order valence-electron chi connectivity index (χ4n) is 4.86. The molecule has 1 spiro atoms. The van der Waals surface area contributed by atoms with Crippen LogP contribution >= 0.6 is 0 Å². The molecule has 1 atom stereocenters. The van der Waals surface area contributed by atoms with E-state index in [1.165, 1.54) is 16.8 Å². The number of hydrogen-bond acceptors (Lipinski definition) is 4. The van der Waals surface area contributed by atoms with E-state index in [4.69, 9.17) is 14.2 Å². The molecule has 2 aromatic rings. The van der Waals surface area contributed by atoms with E-state index in [0.29, 0.717) is 13.2 Å². The number of ether oxygens (including phenoxy) is 3. The van der Waals surface area contributed by atoms with Gasteiger partial charge >= 0.3 is 0 Å². The third-order valence-corrected chi connectivity index (χ3v) is 6.31. The quantitative estimate of drug-likeness (QED) is 0.826. The summed E-state index contributed by atoms with van der Waals surface area (Å²) in [6, 6.07) is 8.03. The van der Waals surface area contributed by atoms with E-state index in [1.54, 1.807) is 7.11 Å². The van der Waals surface area contributed by atoms with E-state index >= 15 is 0 Å². The van der Waals surface area contributed by atoms with Crippen molar-refractivity contribution in [3.05, 3.63) is 47.3 Å². The molecule has 5 nitrogen and oxygen atoms in total. The van der Waals surface area contributed by atoms with Crippen molar-refractivity contribution in [3.8, 4) is 11.4 Å². The molecule has 3 aliphatic rings. The molecular weight excluding hydrogens is 328 g/mol. The van der Waals surface area contributed by atoms with Crippen molar-refractivity contribution in [2.75, 3.05) is 20.3 Å². The first-order valence-electron chi connectivity index (χ1n) is 9.35. The average Bonchev–Trinajstić information content (AvgIpc) is 3.29. The largest absolute Gasteiger partial charge is 0.497 e. The molecule has 0 amide bonds. The lowest BCUT2D eigenvalue weighted by Crippen LogP contribution is -2.53. The van der Waals surface area contributed by atoms with Crippen LogP contribution in [0, 0.1) is 5.41 Å². The summed E-state index contributed by atoms with van der Waals surface area (Å²) < 4.78 is 19.7. The number of methoxy groups -OCH3 is 1. The van der Waals surface area contributed by atoms with E-state index in [-0.39, 0.29) is 5.41 Å². The number of rotatable bonds is 2. The Labute approximate surface area is 153 Å². The predicted octanol–water partition coefficient (Wildman–Crippen LogP) is 3.75. The second kappa shape index (κ2) is 5.69. The Kier molecular flexibility index (Phi) is 3.52. The Hall–Kier alpha value is -2.11. The highest BCUT2D eigenvalue weighted by Gasteiger charge is 2.57. The molecule has 5 heteroatoms. The van der Waals surface area contributed by atoms with E-state index in [2.05, 4.69) is 18.1 Å². The Morgan fingerprint density at radius 2 is 1.92 bits per heavy atom. The smallest absolute Gasteiger partial charge is 0.177 e. The van der Waals surface area contributed by atoms with Crippen molar-refractivity contribution in [1.29, 1.82) is 0 Å². The molecule has 0 bridgehead atoms. The van der Waals surface area contributed by atoms with Gasteiger partial charge in [-0.25, -0.2) is 4.68 Å². The molecule has 1 saturated heterocycles. The van der Waals surface area contributed by atoms with Gasteiger partial charge in [-0.3, -0.25) is 0 Å². The van der Waals surface area contributed by atoms with Gasteiger partial charge in [0.2, 0.25) is 0 Å². The highest BCUT2D eigenvalue weighted by atomic mass is 16.7. The van der Waals surface area contributed by atoms with Gasteiger partial charge in [0.05, 0.1) is 37.9 Å². The zero-order valence-corrected chi connectivity index (χ0v) is 15.3. The third-order valence-electron chi connectivity index (χ3n) is 6.31. The minimum atomic E-state index is -0.461. The molecule has 1 aromatic carbocycles. The first-order valence-corrected chi connectivity index (χ1v) is 9.35. The number of nitrogens with zero attached hydrogens (tertiary/aromatic N) is 2. The van der Waals surface area contributed by atoms with Gasteiger partial charge in [0.15, 0.2) is 5.79 Å². The Balaban J connectivity index is 1.57. The van der Waals surface area contributed by atoms with Gasteiger partial charge in [0, 0.05) is 11.8 Å². The number of fused-ring (bicyclic) bond motifs is 3. The van der Waals surface area contributed by atoms with Crippen LogP contribution in [-0.2, 0) is 15.9 Å². The molecule has 1 saturated carbocycles. The second-order valence-corrected chi connectivity index (χ2v) is 7.65. The zero-order chi connectivity index (χ0) is 17.8. The first kappa shape index (κ1) is 16.1. The van der Waals surface area contributed by atoms with Crippen LogP contribution in [0.3, 0.4) is 0 Å². The topological polar surface area (TPSA) is 45.5 Å². The molecule has 2 heterocycles. The zero-order valence-electron chi connectivity index (χ0n) is 15.3. The van der Waals surface area contributed by atoms with Crippen LogP contribution in [0.4, 0.5) is 0 Å². The number of aromatic nitrogens is 2. The van der Waals surface area contributed by atoms with Gasteiger partial charge in [0.25, 0.3) is 0 Å². The maximum atomic E-state index is 6.18. The molecule has 0 N–H and O–H groups in total. The van der Waals surface area contributed by atoms with Crippen molar-refractivity contribution in [1.82, 2.24) is 9.78 Å². The summed E-state index contributed by atoms with van der Waals surface area (Å²) in [7, 11) is 1.68. The molecule has 26 heavy (non-hydrogen) atoms. The average molecular weight is 352 g/mol. The van der Waals surface area contributed by atoms with E-state index in [1.807, 2.05) is 35.1 Å². The lowest BCUT2D eigenvalue weighted by molar-refractivity contribution is -0.234. The molecule has 1 aromatic heterocycles. The lowest BCUT2D eigenvalue weighted by Gasteiger charge is -2.50. The SMILES string of the molecule is COc1ccc(-n2ncc3c2C=C2CCCC4(OCCO4)C2(C)C3)cc1. The van der Waals surface area contributed by atoms with Crippen LogP contribution in [-0.4, -0.2) is 35.9 Å². The Morgan fingerprint density at radius 3 is 2.65 bits per heavy atom. The second-order valence-electron chi connectivity index (χ2n) is 7.65. The monoisotopic (exact) mass is 352 g/mol. The normalized spacial score (nSPS) is 26.3. The highest BCUT2D eigenvalue weighted by Crippen LogP contribution is 2.56. The molecule has 0 radical (unpaired) electrons. The summed E-state index contributed by atoms with van der Waals surface area (Å²) in [5, 5.41) is 4.68. The van der Waals surface area contributed by atoms with Crippen LogP contribution in [0.1, 0.15) is 37.4 Å². The van der Waals surface area contributed by atoms with Crippen molar-refractivity contribution < 1.29 is 14.2 Å². The van der Waals surface area contributed by atoms with Crippen LogP contribution in [0.5, 0.6) is 5.75 Å². The third kappa shape index (κ3) is 2.14. The Bertz CT molecular complexity index is 862. The highest BCUT2D eigenvalue weighted by molar-refractivity contribution is 5.62. The standard InChI is InChI=1S/C21H24N2O3/c1-20-13-15-14-22-23(17-5-7-18(24-2)8-6-17)19(15)12-16(20)4-3-9-21(20)25-10-11-26-21/h5-8,12,14H,3-4,9-11,13H2,1-2H3. The van der Waals surface area contributed by atoms with Crippen molar-refractivity contribution >= 4 is 6.08 Å². The fraction of sp³-hybridized carbons (Fsp3) is 0.476. The number of benzene rings is 1. The summed E-state index contributed by atoms with van der Waals surface area (Å²) in [6.45, 7) is 3.69. The van der Waals surface area contributed by atoms with E-state index in [0.717, 1.165) is 37.1 Å². The minimum absolute atomic E-state index is 0.109. The fourth-order valence-corrected chi connectivity index (χ4v) is 4.86. The molecule has 136 valence electrons. The van der Waals surface area contributed by atoms with Gasteiger partial charge < -0.3 is 14.2 Å². The molecule has 2 fully saturated rings. The summed E-state index contributed by atoms with van der Waals surface area (Å²) in [4.78, 5) is 0. The molecule has 1 unspecified atom stereocenters. The van der Waals surface area contributed by atoms with Gasteiger partial charge in [-0.05, 0) is 55.2 Å². The van der Waals surface area contributed by atoms with E-state index in [9.17, 15) is 0 Å². The number of hydrogen-bond donors (Lipinski definition) is 0. The van der Waals surface area contributed by atoms with E-state index < -0.39 is 5.79 Å². The lowest BCUT2D eigenvalue weighted by atomic mass is 9.62. The Morgan fingerprint density at radius 1 is 1.15 bits per heavy atom. The maximum Gasteiger partial charge on any atom is 0.177 e. The van der Waals surface area contributed by atoms with Crippen molar-refractivity contribution in [3.63, 3.8) is 0 Å². The van der Waals surface area contributed by atoms with Crippen LogP contribution in [0.15, 0.2) is 36.0 Å². The van der Waals surface area contributed by atoms with Crippen molar-refractivity contribution in [2.24, 2.45) is 5.41 Å². The van der Waals surface area contributed by atoms with Gasteiger partial charge in [-0.15, -0.1) is 0 Å². The van der Waals surface area contributed by atoms with Crippen LogP contribution < -0.4 is 4.74 Å². The first-order chi connectivity index (χ1) is 12.7. The molecule has 1 aliphatic heterocycles. The molecule has 2 aliphatic carbocycles. The molecular formula is C21H24N2O3. The van der Waals surface area contributed by atoms with Crippen molar-refractivity contribution in [2.45, 2.75) is 38.4 Å². The molecule has 5 rings (SSSR count). The van der Waals surface area contributed by atoms with Gasteiger partial charge in [0.1, 0.15) is 5.75 Å². The summed E-state index contributed by atoms with van der Waals surface area (Å²) >= 11 is 0. The van der Waals surface area contributed by atoms with Crippen LogP contribution in [0.25, 0.3) is 11.8 Å². The minimum Gasteiger partial charge on any atom is -0.497 e. The summed E-state index contributed by atoms with van der Waals surface area (Å²) in [5.74, 6) is 0.391.